The summed E-state index contributed by atoms with van der Waals surface area (Å²) < 4.78 is 5.90. The fourth-order valence-corrected chi connectivity index (χ4v) is 2.52. The zero-order valence-corrected chi connectivity index (χ0v) is 9.78. The van der Waals surface area contributed by atoms with Crippen molar-refractivity contribution in [2.24, 2.45) is 22.6 Å². The molecule has 2 N–H and O–H groups in total. The second-order valence-corrected chi connectivity index (χ2v) is 5.26. The van der Waals surface area contributed by atoms with Crippen molar-refractivity contribution < 1.29 is 4.74 Å². The highest BCUT2D eigenvalue weighted by atomic mass is 16.5. The number of fused-ring (bicyclic) bond motifs is 1. The molecule has 2 rings (SSSR count). The first-order valence-corrected chi connectivity index (χ1v) is 6.12. The molecule has 0 saturated heterocycles. The zero-order valence-electron chi connectivity index (χ0n) is 9.78. The molecule has 0 spiro atoms. The van der Waals surface area contributed by atoms with Crippen molar-refractivity contribution in [3.8, 4) is 0 Å². The molecular weight excluding hydrogens is 188 g/mol. The Morgan fingerprint density at radius 1 is 1.47 bits per heavy atom. The van der Waals surface area contributed by atoms with Gasteiger partial charge in [-0.05, 0) is 37.6 Å². The molecular formula is C12H22N2O. The Hall–Kier alpha value is -0.570. The largest absolute Gasteiger partial charge is 0.475 e. The molecule has 1 heterocycles. The van der Waals surface area contributed by atoms with Gasteiger partial charge >= 0.3 is 0 Å². The summed E-state index contributed by atoms with van der Waals surface area (Å²) in [6.07, 6.45) is 4.81. The first-order chi connectivity index (χ1) is 7.19. The molecule has 0 radical (unpaired) electrons. The summed E-state index contributed by atoms with van der Waals surface area (Å²) in [7, 11) is 0. The van der Waals surface area contributed by atoms with E-state index in [9.17, 15) is 0 Å². The third-order valence-electron chi connectivity index (χ3n) is 3.38. The number of ether oxygens (including phenoxy) is 1. The van der Waals surface area contributed by atoms with E-state index < -0.39 is 0 Å². The van der Waals surface area contributed by atoms with E-state index in [1.54, 1.807) is 0 Å². The lowest BCUT2D eigenvalue weighted by Gasteiger charge is -2.28. The van der Waals surface area contributed by atoms with Crippen LogP contribution in [0.4, 0.5) is 0 Å². The van der Waals surface area contributed by atoms with Gasteiger partial charge in [0.2, 0.25) is 0 Å². The van der Waals surface area contributed by atoms with Gasteiger partial charge in [0.05, 0.1) is 6.04 Å². The van der Waals surface area contributed by atoms with Gasteiger partial charge in [0.15, 0.2) is 5.90 Å². The molecule has 2 aliphatic rings. The number of hydrogen-bond acceptors (Lipinski definition) is 3. The Morgan fingerprint density at radius 3 is 2.93 bits per heavy atom. The summed E-state index contributed by atoms with van der Waals surface area (Å²) in [6, 6.07) is 0.432. The molecule has 0 aromatic carbocycles. The lowest BCUT2D eigenvalue weighted by atomic mass is 9.84. The molecule has 1 saturated carbocycles. The highest BCUT2D eigenvalue weighted by molar-refractivity contribution is 5.78. The molecule has 3 nitrogen and oxygen atoms in total. The Bertz CT molecular complexity index is 250. The minimum absolute atomic E-state index is 0.334. The first-order valence-electron chi connectivity index (χ1n) is 6.12. The predicted octanol–water partition coefficient (Wildman–Crippen LogP) is 1.96. The lowest BCUT2D eigenvalue weighted by molar-refractivity contribution is 0.119. The van der Waals surface area contributed by atoms with E-state index in [4.69, 9.17) is 10.5 Å². The van der Waals surface area contributed by atoms with Crippen LogP contribution in [0, 0.1) is 11.8 Å². The van der Waals surface area contributed by atoms with Crippen molar-refractivity contribution in [3.63, 3.8) is 0 Å². The Kier molecular flexibility index (Phi) is 3.29. The topological polar surface area (TPSA) is 47.6 Å². The van der Waals surface area contributed by atoms with E-state index in [0.29, 0.717) is 24.0 Å². The van der Waals surface area contributed by atoms with Crippen molar-refractivity contribution >= 4 is 5.90 Å². The number of aliphatic imine (C=N–C) groups is 1. The molecule has 3 heteroatoms. The van der Waals surface area contributed by atoms with E-state index in [0.717, 1.165) is 31.7 Å². The van der Waals surface area contributed by atoms with Gasteiger partial charge in [-0.1, -0.05) is 13.8 Å². The standard InChI is InChI=1S/C12H22N2O/c1-8(2)5-12-14-10-4-3-9(7-13)6-11(10)15-12/h8-11H,3-7,13H2,1-2H3. The molecule has 3 atom stereocenters. The summed E-state index contributed by atoms with van der Waals surface area (Å²) in [6.45, 7) is 5.21. The van der Waals surface area contributed by atoms with Crippen LogP contribution in [0.1, 0.15) is 39.5 Å². The summed E-state index contributed by atoms with van der Waals surface area (Å²) in [4.78, 5) is 4.67. The number of nitrogens with two attached hydrogens (primary N) is 1. The van der Waals surface area contributed by atoms with Gasteiger partial charge < -0.3 is 10.5 Å². The van der Waals surface area contributed by atoms with Crippen LogP contribution in [0.5, 0.6) is 0 Å². The normalized spacial score (nSPS) is 34.9. The van der Waals surface area contributed by atoms with Crippen molar-refractivity contribution in [2.45, 2.75) is 51.7 Å². The number of nitrogens with zero attached hydrogens (tertiary/aromatic N) is 1. The second kappa shape index (κ2) is 4.52. The van der Waals surface area contributed by atoms with E-state index in [-0.39, 0.29) is 0 Å². The highest BCUT2D eigenvalue weighted by Gasteiger charge is 2.36. The van der Waals surface area contributed by atoms with Crippen LogP contribution in [0.15, 0.2) is 4.99 Å². The maximum Gasteiger partial charge on any atom is 0.184 e. The van der Waals surface area contributed by atoms with E-state index in [2.05, 4.69) is 18.8 Å². The fourth-order valence-electron chi connectivity index (χ4n) is 2.52. The Morgan fingerprint density at radius 2 is 2.27 bits per heavy atom. The number of rotatable bonds is 3. The smallest absolute Gasteiger partial charge is 0.184 e. The van der Waals surface area contributed by atoms with Crippen LogP contribution in [-0.4, -0.2) is 24.6 Å². The molecule has 1 fully saturated rings. The van der Waals surface area contributed by atoms with Crippen LogP contribution in [0.25, 0.3) is 0 Å². The summed E-state index contributed by atoms with van der Waals surface area (Å²) in [5.41, 5.74) is 5.71. The molecule has 0 bridgehead atoms. The van der Waals surface area contributed by atoms with E-state index >= 15 is 0 Å². The molecule has 3 unspecified atom stereocenters. The van der Waals surface area contributed by atoms with Gasteiger partial charge in [0.25, 0.3) is 0 Å². The third kappa shape index (κ3) is 2.51. The fraction of sp³-hybridized carbons (Fsp3) is 0.917. The van der Waals surface area contributed by atoms with E-state index in [1.165, 1.54) is 6.42 Å². The van der Waals surface area contributed by atoms with Gasteiger partial charge in [0.1, 0.15) is 6.10 Å². The highest BCUT2D eigenvalue weighted by Crippen LogP contribution is 2.32. The molecule has 0 amide bonds. The zero-order chi connectivity index (χ0) is 10.8. The van der Waals surface area contributed by atoms with Crippen molar-refractivity contribution in [1.82, 2.24) is 0 Å². The molecule has 86 valence electrons. The van der Waals surface area contributed by atoms with Crippen LogP contribution in [0.2, 0.25) is 0 Å². The molecule has 1 aliphatic carbocycles. The average molecular weight is 210 g/mol. The van der Waals surface area contributed by atoms with Gasteiger partial charge in [-0.3, -0.25) is 0 Å². The van der Waals surface area contributed by atoms with Crippen LogP contribution < -0.4 is 5.73 Å². The van der Waals surface area contributed by atoms with Crippen molar-refractivity contribution in [3.05, 3.63) is 0 Å². The van der Waals surface area contributed by atoms with Crippen molar-refractivity contribution in [2.75, 3.05) is 6.54 Å². The summed E-state index contributed by atoms with van der Waals surface area (Å²) in [5, 5.41) is 0. The molecule has 0 aromatic rings. The summed E-state index contributed by atoms with van der Waals surface area (Å²) in [5.74, 6) is 2.27. The minimum Gasteiger partial charge on any atom is -0.475 e. The quantitative estimate of drug-likeness (QED) is 0.774. The van der Waals surface area contributed by atoms with Gasteiger partial charge in [-0.25, -0.2) is 4.99 Å². The average Bonchev–Trinajstić information content (AvgIpc) is 2.57. The first kappa shape index (κ1) is 10.9. The van der Waals surface area contributed by atoms with Gasteiger partial charge in [-0.15, -0.1) is 0 Å². The Balaban J connectivity index is 1.90. The molecule has 0 aromatic heterocycles. The van der Waals surface area contributed by atoms with Crippen LogP contribution in [-0.2, 0) is 4.74 Å². The predicted molar refractivity (Wildman–Crippen MR) is 61.9 cm³/mol. The van der Waals surface area contributed by atoms with Crippen LogP contribution >= 0.6 is 0 Å². The second-order valence-electron chi connectivity index (χ2n) is 5.26. The third-order valence-corrected chi connectivity index (χ3v) is 3.38. The van der Waals surface area contributed by atoms with Crippen molar-refractivity contribution in [1.29, 1.82) is 0 Å². The maximum atomic E-state index is 5.90. The maximum absolute atomic E-state index is 5.90. The number of hydrogen-bond donors (Lipinski definition) is 1. The molecule has 1 aliphatic heterocycles. The van der Waals surface area contributed by atoms with Gasteiger partial charge in [0, 0.05) is 6.42 Å². The van der Waals surface area contributed by atoms with Crippen LogP contribution in [0.3, 0.4) is 0 Å². The van der Waals surface area contributed by atoms with E-state index in [1.807, 2.05) is 0 Å². The summed E-state index contributed by atoms with van der Waals surface area (Å²) >= 11 is 0. The lowest BCUT2D eigenvalue weighted by Crippen LogP contribution is -2.34. The monoisotopic (exact) mass is 210 g/mol. The molecule has 15 heavy (non-hydrogen) atoms. The minimum atomic E-state index is 0.334. The van der Waals surface area contributed by atoms with Gasteiger partial charge in [-0.2, -0.15) is 0 Å². The SMILES string of the molecule is CC(C)CC1=NC2CCC(CN)CC2O1. The Labute approximate surface area is 92.1 Å².